The Balaban J connectivity index is 2.30. The third-order valence-corrected chi connectivity index (χ3v) is 2.87. The Morgan fingerprint density at radius 3 is 2.56 bits per heavy atom. The monoisotopic (exact) mass is 255 g/mol. The molecule has 0 saturated carbocycles. The molecule has 0 aromatic heterocycles. The summed E-state index contributed by atoms with van der Waals surface area (Å²) in [5.41, 5.74) is 2.50. The van der Waals surface area contributed by atoms with E-state index in [-0.39, 0.29) is 11.9 Å². The second kappa shape index (κ2) is 7.92. The number of nitrogens with one attached hydrogen (secondary N) is 2. The summed E-state index contributed by atoms with van der Waals surface area (Å²) in [5, 5.41) is 3.07. The maximum atomic E-state index is 11.9. The Morgan fingerprint density at radius 1 is 1.33 bits per heavy atom. The molecule has 1 fully saturated rings. The highest BCUT2D eigenvalue weighted by Crippen LogP contribution is 2.09. The molecule has 1 aliphatic rings. The zero-order chi connectivity index (χ0) is 13.4. The molecule has 1 aliphatic heterocycles. The SMILES string of the molecule is CC(C)NC(=NCCC(=O)N1CCCCC1)NN. The van der Waals surface area contributed by atoms with Crippen molar-refractivity contribution in [2.45, 2.75) is 45.6 Å². The highest BCUT2D eigenvalue weighted by atomic mass is 16.2. The van der Waals surface area contributed by atoms with Crippen molar-refractivity contribution < 1.29 is 4.79 Å². The van der Waals surface area contributed by atoms with Crippen molar-refractivity contribution in [1.29, 1.82) is 0 Å². The number of hydrogen-bond acceptors (Lipinski definition) is 3. The Kier molecular flexibility index (Phi) is 6.49. The molecule has 1 amide bonds. The normalized spacial score (nSPS) is 16.9. The van der Waals surface area contributed by atoms with Gasteiger partial charge < -0.3 is 10.2 Å². The summed E-state index contributed by atoms with van der Waals surface area (Å²) in [4.78, 5) is 18.0. The van der Waals surface area contributed by atoms with Crippen LogP contribution in [-0.2, 0) is 4.79 Å². The minimum Gasteiger partial charge on any atom is -0.353 e. The molecule has 0 aliphatic carbocycles. The van der Waals surface area contributed by atoms with Crippen LogP contribution in [0.1, 0.15) is 39.5 Å². The Bertz CT molecular complexity index is 284. The molecule has 0 radical (unpaired) electrons. The second-order valence-corrected chi connectivity index (χ2v) is 4.87. The first-order valence-electron chi connectivity index (χ1n) is 6.69. The Hall–Kier alpha value is -1.30. The number of piperidine rings is 1. The van der Waals surface area contributed by atoms with Crippen LogP contribution in [-0.4, -0.2) is 42.4 Å². The fourth-order valence-corrected chi connectivity index (χ4v) is 1.97. The maximum Gasteiger partial charge on any atom is 0.224 e. The van der Waals surface area contributed by atoms with Gasteiger partial charge in [-0.2, -0.15) is 0 Å². The van der Waals surface area contributed by atoms with Gasteiger partial charge in [0.15, 0.2) is 0 Å². The molecule has 6 nitrogen and oxygen atoms in total. The number of guanidine groups is 1. The molecule has 0 aromatic carbocycles. The van der Waals surface area contributed by atoms with E-state index < -0.39 is 0 Å². The van der Waals surface area contributed by atoms with E-state index in [0.717, 1.165) is 25.9 Å². The van der Waals surface area contributed by atoms with Crippen LogP contribution in [0.15, 0.2) is 4.99 Å². The summed E-state index contributed by atoms with van der Waals surface area (Å²) < 4.78 is 0. The van der Waals surface area contributed by atoms with Crippen molar-refractivity contribution in [2.75, 3.05) is 19.6 Å². The summed E-state index contributed by atoms with van der Waals surface area (Å²) in [5.74, 6) is 6.07. The molecule has 0 atom stereocenters. The first-order valence-corrected chi connectivity index (χ1v) is 6.69. The number of hydrogen-bond donors (Lipinski definition) is 3. The number of nitrogens with zero attached hydrogens (tertiary/aromatic N) is 2. The van der Waals surface area contributed by atoms with Crippen LogP contribution in [0.25, 0.3) is 0 Å². The van der Waals surface area contributed by atoms with Crippen molar-refractivity contribution in [1.82, 2.24) is 15.6 Å². The molecular formula is C12H25N5O. The van der Waals surface area contributed by atoms with Crippen molar-refractivity contribution in [3.05, 3.63) is 0 Å². The van der Waals surface area contributed by atoms with Gasteiger partial charge in [-0.1, -0.05) is 0 Å². The van der Waals surface area contributed by atoms with E-state index in [1.807, 2.05) is 18.7 Å². The van der Waals surface area contributed by atoms with Gasteiger partial charge in [0.05, 0.1) is 6.54 Å². The van der Waals surface area contributed by atoms with Gasteiger partial charge in [0, 0.05) is 25.6 Å². The molecule has 0 aromatic rings. The molecular weight excluding hydrogens is 230 g/mol. The van der Waals surface area contributed by atoms with Gasteiger partial charge in [-0.15, -0.1) is 0 Å². The first-order chi connectivity index (χ1) is 8.63. The lowest BCUT2D eigenvalue weighted by molar-refractivity contribution is -0.131. The molecule has 6 heteroatoms. The van der Waals surface area contributed by atoms with Crippen LogP contribution in [0, 0.1) is 0 Å². The van der Waals surface area contributed by atoms with Gasteiger partial charge >= 0.3 is 0 Å². The summed E-state index contributed by atoms with van der Waals surface area (Å²) in [6.45, 7) is 6.27. The topological polar surface area (TPSA) is 82.8 Å². The molecule has 1 saturated heterocycles. The number of nitrogens with two attached hydrogens (primary N) is 1. The van der Waals surface area contributed by atoms with E-state index in [1.165, 1.54) is 6.42 Å². The third kappa shape index (κ3) is 5.35. The number of likely N-dealkylation sites (tertiary alicyclic amines) is 1. The number of carbonyl (C=O) groups excluding carboxylic acids is 1. The van der Waals surface area contributed by atoms with Gasteiger partial charge in [-0.05, 0) is 33.1 Å². The predicted molar refractivity (Wildman–Crippen MR) is 72.9 cm³/mol. The highest BCUT2D eigenvalue weighted by Gasteiger charge is 2.15. The summed E-state index contributed by atoms with van der Waals surface area (Å²) >= 11 is 0. The van der Waals surface area contributed by atoms with Crippen molar-refractivity contribution in [3.63, 3.8) is 0 Å². The van der Waals surface area contributed by atoms with E-state index in [0.29, 0.717) is 18.9 Å². The third-order valence-electron chi connectivity index (χ3n) is 2.87. The smallest absolute Gasteiger partial charge is 0.224 e. The minimum absolute atomic E-state index is 0.194. The van der Waals surface area contributed by atoms with E-state index >= 15 is 0 Å². The van der Waals surface area contributed by atoms with Gasteiger partial charge in [-0.25, -0.2) is 5.84 Å². The predicted octanol–water partition coefficient (Wildman–Crippen LogP) is 0.206. The highest BCUT2D eigenvalue weighted by molar-refractivity contribution is 5.80. The summed E-state index contributed by atoms with van der Waals surface area (Å²) in [7, 11) is 0. The molecule has 0 spiro atoms. The van der Waals surface area contributed by atoms with Gasteiger partial charge in [0.2, 0.25) is 11.9 Å². The van der Waals surface area contributed by atoms with Gasteiger partial charge in [0.1, 0.15) is 0 Å². The van der Waals surface area contributed by atoms with Crippen molar-refractivity contribution >= 4 is 11.9 Å². The van der Waals surface area contributed by atoms with Gasteiger partial charge in [0.25, 0.3) is 0 Å². The van der Waals surface area contributed by atoms with E-state index in [2.05, 4.69) is 15.7 Å². The van der Waals surface area contributed by atoms with E-state index in [1.54, 1.807) is 0 Å². The quantitative estimate of drug-likeness (QED) is 0.290. The van der Waals surface area contributed by atoms with E-state index in [4.69, 9.17) is 5.84 Å². The molecule has 18 heavy (non-hydrogen) atoms. The molecule has 4 N–H and O–H groups in total. The average Bonchev–Trinajstić information content (AvgIpc) is 2.38. The molecule has 0 bridgehead atoms. The van der Waals surface area contributed by atoms with Crippen LogP contribution < -0.4 is 16.6 Å². The van der Waals surface area contributed by atoms with Crippen LogP contribution >= 0.6 is 0 Å². The largest absolute Gasteiger partial charge is 0.353 e. The number of rotatable bonds is 4. The number of aliphatic imine (C=N–C) groups is 1. The summed E-state index contributed by atoms with van der Waals surface area (Å²) in [6, 6.07) is 0.262. The number of amides is 1. The minimum atomic E-state index is 0.194. The Morgan fingerprint density at radius 2 is 2.00 bits per heavy atom. The van der Waals surface area contributed by atoms with Crippen LogP contribution in [0.4, 0.5) is 0 Å². The zero-order valence-corrected chi connectivity index (χ0v) is 11.4. The number of carbonyl (C=O) groups is 1. The lowest BCUT2D eigenvalue weighted by atomic mass is 10.1. The van der Waals surface area contributed by atoms with Crippen LogP contribution in [0.5, 0.6) is 0 Å². The van der Waals surface area contributed by atoms with Crippen LogP contribution in [0.3, 0.4) is 0 Å². The molecule has 104 valence electrons. The lowest BCUT2D eigenvalue weighted by Crippen LogP contribution is -2.44. The molecule has 0 unspecified atom stereocenters. The molecule has 1 heterocycles. The van der Waals surface area contributed by atoms with Crippen molar-refractivity contribution in [3.8, 4) is 0 Å². The van der Waals surface area contributed by atoms with E-state index in [9.17, 15) is 4.79 Å². The standard InChI is InChI=1S/C12H25N5O/c1-10(2)15-12(16-13)14-7-6-11(18)17-8-4-3-5-9-17/h10H,3-9,13H2,1-2H3,(H2,14,15,16). The van der Waals surface area contributed by atoms with Gasteiger partial charge in [-0.3, -0.25) is 15.2 Å². The van der Waals surface area contributed by atoms with Crippen molar-refractivity contribution in [2.24, 2.45) is 10.8 Å². The molecule has 1 rings (SSSR count). The lowest BCUT2D eigenvalue weighted by Gasteiger charge is -2.26. The fourth-order valence-electron chi connectivity index (χ4n) is 1.97. The van der Waals surface area contributed by atoms with Crippen LogP contribution in [0.2, 0.25) is 0 Å². The average molecular weight is 255 g/mol. The maximum absolute atomic E-state index is 11.9. The summed E-state index contributed by atoms with van der Waals surface area (Å²) in [6.07, 6.45) is 3.94. The Labute approximate surface area is 109 Å². The second-order valence-electron chi connectivity index (χ2n) is 4.87. The number of hydrazine groups is 1. The fraction of sp³-hybridized carbons (Fsp3) is 0.833. The first kappa shape index (κ1) is 14.8. The zero-order valence-electron chi connectivity index (χ0n) is 11.4.